The number of hydrogen-bond donors (Lipinski definition) is 0. The summed E-state index contributed by atoms with van der Waals surface area (Å²) in [5.74, 6) is 1.78. The molecule has 12 nitrogen and oxygen atoms in total. The molecule has 0 aliphatic rings. The topological polar surface area (TPSA) is 277 Å². The van der Waals surface area contributed by atoms with Crippen LogP contribution in [-0.4, -0.2) is 24.6 Å². The van der Waals surface area contributed by atoms with Crippen LogP contribution in [0, 0.1) is 0 Å². The van der Waals surface area contributed by atoms with Crippen molar-refractivity contribution in [2.75, 3.05) is 24.6 Å². The average Bonchev–Trinajstić information content (AvgIpc) is 0.872. The molecule has 624 valence electrons. The summed E-state index contributed by atoms with van der Waals surface area (Å²) in [6.07, 6.45) is 32.1. The number of benzene rings is 8. The molecule has 8 aromatic rings. The van der Waals surface area contributed by atoms with Gasteiger partial charge in [0.2, 0.25) is 0 Å². The summed E-state index contributed by atoms with van der Waals surface area (Å²) in [5.41, 5.74) is 11.0. The van der Waals surface area contributed by atoms with E-state index >= 15 is 0 Å². The van der Waals surface area contributed by atoms with Crippen molar-refractivity contribution in [1.29, 1.82) is 0 Å². The third-order valence-electron chi connectivity index (χ3n) is 19.5. The fourth-order valence-corrected chi connectivity index (χ4v) is 16.6. The fraction of sp³-hybridized carbons (Fsp3) is 0.455. The Kier molecular flexibility index (Phi) is 66.9. The summed E-state index contributed by atoms with van der Waals surface area (Å²) in [6, 6.07) is 85.6. The van der Waals surface area contributed by atoms with Crippen LogP contribution in [0.5, 0.6) is 0 Å². The first-order valence-corrected chi connectivity index (χ1v) is 46.8. The molecule has 0 unspecified atom stereocenters. The Morgan fingerprint density at radius 3 is 0.355 bits per heavy atom. The Morgan fingerprint density at radius 1 is 0.145 bits per heavy atom. The van der Waals surface area contributed by atoms with Gasteiger partial charge in [-0.1, -0.05) is 146 Å². The molecule has 0 N–H and O–H groups in total. The van der Waals surface area contributed by atoms with Gasteiger partial charge in [0.05, 0.1) is 0 Å². The predicted octanol–water partition coefficient (Wildman–Crippen LogP) is 14.0. The van der Waals surface area contributed by atoms with E-state index < -0.39 is 31.8 Å². The molecule has 0 atom stereocenters. The van der Waals surface area contributed by atoms with Crippen LogP contribution in [0.3, 0.4) is 0 Å². The van der Waals surface area contributed by atoms with Crippen molar-refractivity contribution in [3.8, 4) is 0 Å². The van der Waals surface area contributed by atoms with Crippen molar-refractivity contribution in [1.82, 2.24) is 0 Å². The van der Waals surface area contributed by atoms with Gasteiger partial charge in [-0.3, -0.25) is 0 Å². The van der Waals surface area contributed by atoms with Crippen molar-refractivity contribution < 1.29 is 158 Å². The van der Waals surface area contributed by atoms with Gasteiger partial charge in [-0.15, -0.1) is 0 Å². The molecule has 0 aromatic heterocycles. The third-order valence-corrected chi connectivity index (χ3v) is 23.4. The second-order valence-electron chi connectivity index (χ2n) is 28.3. The molecule has 8 aromatic carbocycles. The Labute approximate surface area is 724 Å². The fourth-order valence-electron chi connectivity index (χ4n) is 13.9. The maximum absolute atomic E-state index is 10.6. The van der Waals surface area contributed by atoms with E-state index in [9.17, 15) is 58.7 Å². The summed E-state index contributed by atoms with van der Waals surface area (Å²) in [7, 11) is -18.3. The molecule has 0 amide bonds. The van der Waals surface area contributed by atoms with Gasteiger partial charge in [-0.05, 0) is 0 Å². The molecule has 0 spiro atoms. The van der Waals surface area contributed by atoms with E-state index in [0.717, 1.165) is 103 Å². The van der Waals surface area contributed by atoms with E-state index in [1.165, 1.54) is 122 Å². The van der Waals surface area contributed by atoms with Crippen LogP contribution in [0.25, 0.3) is 0 Å². The zero-order chi connectivity index (χ0) is 74.7. The minimum atomic E-state index is -4.57. The van der Waals surface area contributed by atoms with Gasteiger partial charge in [0.1, 0.15) is 0 Å². The molecule has 0 aliphatic heterocycles. The zero-order valence-electron chi connectivity index (χ0n) is 63.7. The first-order chi connectivity index (χ1) is 50.2. The van der Waals surface area contributed by atoms with Crippen molar-refractivity contribution in [2.45, 2.75) is 229 Å². The van der Waals surface area contributed by atoms with E-state index in [1.54, 1.807) is 0 Å². The molecule has 0 bridgehead atoms. The second-order valence-corrected chi connectivity index (χ2v) is 35.7. The first-order valence-electron chi connectivity index (χ1n) is 39.1. The minimum absolute atomic E-state index is 0. The van der Waals surface area contributed by atoms with Crippen LogP contribution in [-0.2, 0) is 98.9 Å². The predicted molar refractivity (Wildman–Crippen MR) is 419 cm³/mol. The third kappa shape index (κ3) is 54.8. The molecule has 8 rings (SSSR count). The summed E-state index contributed by atoms with van der Waals surface area (Å²) in [6.45, 7) is 0. The van der Waals surface area contributed by atoms with Gasteiger partial charge in [0, 0.05) is 0 Å². The average molecular weight is 1850 g/mol. The Bertz CT molecular complexity index is 2700. The van der Waals surface area contributed by atoms with Crippen LogP contribution in [0.4, 0.5) is 0 Å². The van der Waals surface area contributed by atoms with Gasteiger partial charge in [-0.2, -0.15) is 0 Å². The number of unbranched alkanes of at least 4 members (excludes halogenated alkanes) is 24. The Morgan fingerprint density at radius 2 is 0.245 bits per heavy atom. The van der Waals surface area contributed by atoms with Gasteiger partial charge in [0.15, 0.2) is 0 Å². The minimum Gasteiger partial charge on any atom is -0.0622 e. The Balaban J connectivity index is 0. The van der Waals surface area contributed by atoms with Crippen LogP contribution in [0.15, 0.2) is 243 Å². The monoisotopic (exact) mass is 1840 g/mol. The summed E-state index contributed by atoms with van der Waals surface area (Å²) in [4.78, 5) is 127. The van der Waals surface area contributed by atoms with Crippen molar-refractivity contribution >= 4 is 31.8 Å². The van der Waals surface area contributed by atoms with Gasteiger partial charge in [0.25, 0.3) is 0 Å². The van der Waals surface area contributed by atoms with E-state index in [1.807, 2.05) is 0 Å². The number of rotatable bonds is 48. The maximum atomic E-state index is 10.6. The molecule has 22 heteroatoms. The summed E-state index contributed by atoms with van der Waals surface area (Å²) >= 11 is 0. The zero-order valence-corrected chi connectivity index (χ0v) is 73.6. The van der Waals surface area contributed by atoms with Crippen LogP contribution in [0.2, 0.25) is 0 Å². The molecule has 0 saturated heterocycles. The van der Waals surface area contributed by atoms with Crippen molar-refractivity contribution in [3.63, 3.8) is 0 Å². The van der Waals surface area contributed by atoms with E-state index in [4.69, 9.17) is 0 Å². The number of hydrogen-bond acceptors (Lipinski definition) is 12. The normalized spacial score (nSPS) is 11.8. The van der Waals surface area contributed by atoms with Crippen molar-refractivity contribution in [3.05, 3.63) is 287 Å². The quantitative estimate of drug-likeness (QED) is 0.0196. The van der Waals surface area contributed by atoms with E-state index in [0.29, 0.717) is 49.4 Å². The molecule has 110 heavy (non-hydrogen) atoms. The standard InChI is InChI=1S/4C22H30O3P.6Ni/c4*23-26(24,25)19-13-5-3-1-2-4-12-18-22(20-14-8-6-9-15-20)21-16-10-7-11-17-21;;;;;;/h4*6-11,14-17,22,26H,1-5,12-13,18-19H2;;;;;;/q4*-3;6*+2. The molecule has 0 heterocycles. The van der Waals surface area contributed by atoms with Crippen LogP contribution in [0.1, 0.15) is 274 Å². The van der Waals surface area contributed by atoms with Gasteiger partial charge >= 0.3 is 585 Å². The SMILES string of the molecule is [Ni+2].[Ni+2].[Ni+2].[Ni+2].[Ni+2].[Ni+2].[O-][PH]([O-])([O-])CCCCCCCCCC(c1ccccc1)c1ccccc1.[O-][PH]([O-])([O-])CCCCCCCCCC(c1ccccc1)c1ccccc1.[O-][PH]([O-])([O-])CCCCCCCCCC(c1ccccc1)c1ccccc1.[O-][PH]([O-])([O-])CCCCCCCCCC(c1ccccc1)c1ccccc1. The Hall–Kier alpha value is -2.04. The van der Waals surface area contributed by atoms with Crippen LogP contribution >= 0.6 is 31.8 Å². The first kappa shape index (κ1) is 110. The smallest absolute Gasteiger partial charge is 0.0622 e. The van der Waals surface area contributed by atoms with Gasteiger partial charge in [-0.25, -0.2) is 0 Å². The molecule has 0 saturated carbocycles. The summed E-state index contributed by atoms with van der Waals surface area (Å²) < 4.78 is 0. The molecule has 0 aliphatic carbocycles. The molecular formula is C88H120Ni6O12P4. The summed E-state index contributed by atoms with van der Waals surface area (Å²) in [5, 5.41) is 0. The van der Waals surface area contributed by atoms with E-state index in [2.05, 4.69) is 243 Å². The molecular weight excluding hydrogens is 1730 g/mol. The second kappa shape index (κ2) is 66.9. The van der Waals surface area contributed by atoms with E-state index in [-0.39, 0.29) is 124 Å². The van der Waals surface area contributed by atoms with Gasteiger partial charge < -0.3 is 0 Å². The van der Waals surface area contributed by atoms with Crippen LogP contribution < -0.4 is 58.7 Å². The molecule has 0 fully saturated rings. The molecule has 0 radical (unpaired) electrons. The van der Waals surface area contributed by atoms with Crippen molar-refractivity contribution in [2.24, 2.45) is 0 Å².